The Kier molecular flexibility index (Phi) is 7.50. The molecule has 160 valence electrons. The zero-order valence-electron chi connectivity index (χ0n) is 18.4. The molecular weight excluding hydrogens is 368 g/mol. The van der Waals surface area contributed by atoms with E-state index < -0.39 is 5.41 Å². The second kappa shape index (κ2) is 9.47. The molecule has 0 saturated heterocycles. The summed E-state index contributed by atoms with van der Waals surface area (Å²) in [6.07, 6.45) is 4.86. The summed E-state index contributed by atoms with van der Waals surface area (Å²) in [6.45, 7) is 9.72. The topological polar surface area (TPSA) is 61.8 Å². The number of allylic oxidation sites excluding steroid dienone is 1. The van der Waals surface area contributed by atoms with Crippen LogP contribution in [0, 0.1) is 11.3 Å². The molecule has 0 N–H and O–H groups in total. The van der Waals surface area contributed by atoms with Crippen LogP contribution in [-0.4, -0.2) is 32.6 Å². The van der Waals surface area contributed by atoms with Gasteiger partial charge in [-0.15, -0.1) is 6.58 Å². The van der Waals surface area contributed by atoms with E-state index in [1.54, 1.807) is 14.2 Å². The highest BCUT2D eigenvalue weighted by atomic mass is 16.5. The molecule has 5 heteroatoms. The van der Waals surface area contributed by atoms with Crippen molar-refractivity contribution in [2.75, 3.05) is 20.8 Å². The second-order valence-electron chi connectivity index (χ2n) is 8.80. The molecule has 1 aliphatic rings. The van der Waals surface area contributed by atoms with E-state index in [0.717, 1.165) is 5.56 Å². The quantitative estimate of drug-likeness (QED) is 0.459. The van der Waals surface area contributed by atoms with E-state index in [1.807, 2.05) is 45.0 Å². The predicted molar refractivity (Wildman–Crippen MR) is 113 cm³/mol. The van der Waals surface area contributed by atoms with E-state index in [2.05, 4.69) is 6.58 Å². The first-order chi connectivity index (χ1) is 13.7. The van der Waals surface area contributed by atoms with Crippen molar-refractivity contribution in [1.82, 2.24) is 0 Å². The molecule has 0 spiro atoms. The van der Waals surface area contributed by atoms with Crippen LogP contribution in [0.2, 0.25) is 0 Å². The third-order valence-corrected chi connectivity index (χ3v) is 5.89. The van der Waals surface area contributed by atoms with Gasteiger partial charge >= 0.3 is 5.97 Å². The number of carbonyl (C=O) groups excluding carboxylic acids is 2. The number of hydrogen-bond donors (Lipinski definition) is 0. The lowest BCUT2D eigenvalue weighted by molar-refractivity contribution is -0.153. The van der Waals surface area contributed by atoms with Gasteiger partial charge in [-0.1, -0.05) is 18.2 Å². The summed E-state index contributed by atoms with van der Waals surface area (Å²) in [7, 11) is 3.25. The third-order valence-electron chi connectivity index (χ3n) is 5.89. The third kappa shape index (κ3) is 5.01. The minimum atomic E-state index is -0.552. The molecule has 5 nitrogen and oxygen atoms in total. The van der Waals surface area contributed by atoms with Gasteiger partial charge in [0.2, 0.25) is 0 Å². The lowest BCUT2D eigenvalue weighted by atomic mass is 9.59. The average molecular weight is 403 g/mol. The Morgan fingerprint density at radius 1 is 1.28 bits per heavy atom. The smallest absolute Gasteiger partial charge is 0.311 e. The molecule has 2 atom stereocenters. The van der Waals surface area contributed by atoms with Gasteiger partial charge in [0.1, 0.15) is 5.78 Å². The Balaban J connectivity index is 2.47. The van der Waals surface area contributed by atoms with Gasteiger partial charge in [-0.2, -0.15) is 0 Å². The van der Waals surface area contributed by atoms with Crippen LogP contribution in [0.1, 0.15) is 58.4 Å². The number of benzene rings is 1. The van der Waals surface area contributed by atoms with Gasteiger partial charge in [0.25, 0.3) is 0 Å². The fraction of sp³-hybridized carbons (Fsp3) is 0.583. The summed E-state index contributed by atoms with van der Waals surface area (Å²) < 4.78 is 16.9. The van der Waals surface area contributed by atoms with Gasteiger partial charge in [-0.05, 0) is 52.0 Å². The zero-order chi connectivity index (χ0) is 21.7. The highest BCUT2D eigenvalue weighted by Gasteiger charge is 2.46. The van der Waals surface area contributed by atoms with Crippen LogP contribution in [0.5, 0.6) is 11.5 Å². The molecule has 1 aromatic rings. The van der Waals surface area contributed by atoms with Crippen LogP contribution in [0.3, 0.4) is 0 Å². The van der Waals surface area contributed by atoms with Crippen LogP contribution in [0.4, 0.5) is 0 Å². The molecule has 1 aliphatic carbocycles. The van der Waals surface area contributed by atoms with Crippen molar-refractivity contribution in [3.05, 3.63) is 36.4 Å². The summed E-state index contributed by atoms with van der Waals surface area (Å²) in [6, 6.07) is 5.85. The Morgan fingerprint density at radius 3 is 2.59 bits per heavy atom. The van der Waals surface area contributed by atoms with Crippen LogP contribution < -0.4 is 9.47 Å². The van der Waals surface area contributed by atoms with Gasteiger partial charge in [-0.3, -0.25) is 9.59 Å². The van der Waals surface area contributed by atoms with Gasteiger partial charge in [0, 0.05) is 23.8 Å². The summed E-state index contributed by atoms with van der Waals surface area (Å²) >= 11 is 0. The normalized spacial score (nSPS) is 22.1. The van der Waals surface area contributed by atoms with E-state index in [1.165, 1.54) is 0 Å². The number of Topliss-reactive ketones (excluding diaryl/α,β-unsaturated/α-hetero) is 1. The van der Waals surface area contributed by atoms with Crippen molar-refractivity contribution in [2.24, 2.45) is 11.3 Å². The molecule has 2 rings (SSSR count). The first-order valence-corrected chi connectivity index (χ1v) is 10.2. The predicted octanol–water partition coefficient (Wildman–Crippen LogP) is 4.87. The fourth-order valence-electron chi connectivity index (χ4n) is 4.29. The second-order valence-corrected chi connectivity index (χ2v) is 8.80. The van der Waals surface area contributed by atoms with Crippen LogP contribution in [0.15, 0.2) is 30.9 Å². The lowest BCUT2D eigenvalue weighted by Crippen LogP contribution is -2.42. The SMILES string of the molecule is C=CC[C@H]1CC(=O)CC[C@@]1(CCOC(=O)C(C)(C)C)c1cccc(OC)c1OC. The van der Waals surface area contributed by atoms with Crippen LogP contribution >= 0.6 is 0 Å². The first-order valence-electron chi connectivity index (χ1n) is 10.2. The summed E-state index contributed by atoms with van der Waals surface area (Å²) in [5.41, 5.74) is 0.0924. The minimum Gasteiger partial charge on any atom is -0.493 e. The van der Waals surface area contributed by atoms with Gasteiger partial charge in [-0.25, -0.2) is 0 Å². The minimum absolute atomic E-state index is 0.0654. The van der Waals surface area contributed by atoms with Crippen molar-refractivity contribution in [3.63, 3.8) is 0 Å². The van der Waals surface area contributed by atoms with Crippen LogP contribution in [0.25, 0.3) is 0 Å². The number of ketones is 1. The lowest BCUT2D eigenvalue weighted by Gasteiger charge is -2.45. The molecule has 0 bridgehead atoms. The summed E-state index contributed by atoms with van der Waals surface area (Å²) in [5, 5.41) is 0. The first kappa shape index (κ1) is 23.0. The van der Waals surface area contributed by atoms with Gasteiger partial charge in [0.05, 0.1) is 26.2 Å². The monoisotopic (exact) mass is 402 g/mol. The fourth-order valence-corrected chi connectivity index (χ4v) is 4.29. The molecular formula is C24H34O5. The number of para-hydroxylation sites is 1. The standard InChI is InChI=1S/C24H34O5/c1-7-9-17-16-18(25)12-13-24(17,14-15-29-22(26)23(2,3)4)19-10-8-11-20(27-5)21(19)28-6/h7-8,10-11,17H,1,9,12-16H2,2-6H3/t17-,24-/m0/s1. The molecule has 0 heterocycles. The maximum absolute atomic E-state index is 12.3. The van der Waals surface area contributed by atoms with Crippen molar-refractivity contribution in [3.8, 4) is 11.5 Å². The van der Waals surface area contributed by atoms with Crippen LogP contribution in [-0.2, 0) is 19.7 Å². The number of carbonyl (C=O) groups is 2. The van der Waals surface area contributed by atoms with Crippen molar-refractivity contribution in [1.29, 1.82) is 0 Å². The Bertz CT molecular complexity index is 746. The maximum atomic E-state index is 12.3. The number of ether oxygens (including phenoxy) is 3. The molecule has 0 aromatic heterocycles. The number of rotatable bonds is 8. The Hall–Kier alpha value is -2.30. The molecule has 0 radical (unpaired) electrons. The number of esters is 1. The van der Waals surface area contributed by atoms with Crippen molar-refractivity contribution >= 4 is 11.8 Å². The summed E-state index contributed by atoms with van der Waals surface area (Å²) in [4.78, 5) is 24.6. The molecule has 1 saturated carbocycles. The number of methoxy groups -OCH3 is 2. The van der Waals surface area contributed by atoms with E-state index in [4.69, 9.17) is 14.2 Å². The molecule has 0 aliphatic heterocycles. The summed E-state index contributed by atoms with van der Waals surface area (Å²) in [5.74, 6) is 1.44. The van der Waals surface area contributed by atoms with Gasteiger partial charge in [0.15, 0.2) is 11.5 Å². The molecule has 0 unspecified atom stereocenters. The zero-order valence-corrected chi connectivity index (χ0v) is 18.4. The molecule has 1 fully saturated rings. The van der Waals surface area contributed by atoms with E-state index in [9.17, 15) is 9.59 Å². The highest BCUT2D eigenvalue weighted by molar-refractivity contribution is 5.80. The molecule has 29 heavy (non-hydrogen) atoms. The molecule has 0 amide bonds. The van der Waals surface area contributed by atoms with Crippen molar-refractivity contribution < 1.29 is 23.8 Å². The highest BCUT2D eigenvalue weighted by Crippen LogP contribution is 2.51. The Morgan fingerprint density at radius 2 is 2.00 bits per heavy atom. The van der Waals surface area contributed by atoms with E-state index in [0.29, 0.717) is 43.6 Å². The maximum Gasteiger partial charge on any atom is 0.311 e. The van der Waals surface area contributed by atoms with Crippen molar-refractivity contribution in [2.45, 2.75) is 58.3 Å². The largest absolute Gasteiger partial charge is 0.493 e. The molecule has 1 aromatic carbocycles. The Labute approximate surface area is 174 Å². The average Bonchev–Trinajstić information content (AvgIpc) is 2.68. The van der Waals surface area contributed by atoms with Gasteiger partial charge < -0.3 is 14.2 Å². The van der Waals surface area contributed by atoms with E-state index >= 15 is 0 Å². The van der Waals surface area contributed by atoms with E-state index in [-0.39, 0.29) is 29.7 Å². The number of hydrogen-bond acceptors (Lipinski definition) is 5.